The molecule has 5 rings (SSSR count). The summed E-state index contributed by atoms with van der Waals surface area (Å²) in [6, 6.07) is 11.4. The minimum atomic E-state index is -4.53. The molecule has 0 amide bonds. The number of halogens is 3. The first-order valence-electron chi connectivity index (χ1n) is 12.5. The number of hydrogen-bond acceptors (Lipinski definition) is 5. The normalized spacial score (nSPS) is 23.2. The standard InChI is InChI=1S/C29H29F3N4O3/c1-26(11-12-27(2,16-26)25(37)38)24-35-21(22-23(33)34-13-14-36(22)24)17-7-9-18(10-8-17)28(3,39)19-5-4-6-20(15-19)29(30,31)32/h4-10,13-15,39H,11-12,16H2,1-3H3,(H2,33,34)(H,37,38)/t26-,27-,28?/m0/s1. The highest BCUT2D eigenvalue weighted by atomic mass is 19.4. The molecular formula is C29H29F3N4O3. The average molecular weight is 539 g/mol. The van der Waals surface area contributed by atoms with Gasteiger partial charge >= 0.3 is 12.1 Å². The van der Waals surface area contributed by atoms with Crippen molar-refractivity contribution >= 4 is 17.3 Å². The maximum absolute atomic E-state index is 13.2. The van der Waals surface area contributed by atoms with Crippen molar-refractivity contribution in [2.75, 3.05) is 5.73 Å². The zero-order chi connectivity index (χ0) is 28.4. The Kier molecular flexibility index (Phi) is 6.02. The van der Waals surface area contributed by atoms with Gasteiger partial charge in [0.15, 0.2) is 0 Å². The summed E-state index contributed by atoms with van der Waals surface area (Å²) in [5.41, 5.74) is 4.69. The number of aromatic nitrogens is 3. The third kappa shape index (κ3) is 4.42. The molecule has 0 saturated heterocycles. The van der Waals surface area contributed by atoms with Crippen molar-refractivity contribution in [3.63, 3.8) is 0 Å². The largest absolute Gasteiger partial charge is 0.481 e. The van der Waals surface area contributed by atoms with Gasteiger partial charge in [-0.3, -0.25) is 9.20 Å². The van der Waals surface area contributed by atoms with E-state index in [1.807, 2.05) is 11.3 Å². The molecule has 0 radical (unpaired) electrons. The molecule has 4 N–H and O–H groups in total. The summed E-state index contributed by atoms with van der Waals surface area (Å²) in [4.78, 5) is 21.1. The maximum Gasteiger partial charge on any atom is 0.416 e. The number of fused-ring (bicyclic) bond motifs is 1. The average Bonchev–Trinajstić information content (AvgIpc) is 3.44. The van der Waals surface area contributed by atoms with Gasteiger partial charge in [-0.1, -0.05) is 43.3 Å². The fraction of sp³-hybridized carbons (Fsp3) is 0.345. The minimum Gasteiger partial charge on any atom is -0.481 e. The van der Waals surface area contributed by atoms with Gasteiger partial charge in [-0.05, 0) is 56.4 Å². The Morgan fingerprint density at radius 1 is 1.05 bits per heavy atom. The van der Waals surface area contributed by atoms with Crippen LogP contribution in [0.5, 0.6) is 0 Å². The Morgan fingerprint density at radius 2 is 1.72 bits per heavy atom. The molecule has 0 aliphatic heterocycles. The number of benzene rings is 2. The molecule has 1 aliphatic carbocycles. The maximum atomic E-state index is 13.2. The van der Waals surface area contributed by atoms with Crippen LogP contribution in [0.4, 0.5) is 19.0 Å². The van der Waals surface area contributed by atoms with Gasteiger partial charge in [0.1, 0.15) is 28.5 Å². The molecule has 204 valence electrons. The number of carboxylic acids is 1. The van der Waals surface area contributed by atoms with Gasteiger partial charge in [-0.15, -0.1) is 0 Å². The summed E-state index contributed by atoms with van der Waals surface area (Å²) in [6.45, 7) is 5.21. The number of aliphatic carboxylic acids is 1. The first-order chi connectivity index (χ1) is 18.2. The fourth-order valence-electron chi connectivity index (χ4n) is 5.77. The van der Waals surface area contributed by atoms with Crippen molar-refractivity contribution in [2.24, 2.45) is 5.41 Å². The Hall–Kier alpha value is -3.92. The van der Waals surface area contributed by atoms with Crippen molar-refractivity contribution in [3.05, 3.63) is 83.4 Å². The summed E-state index contributed by atoms with van der Waals surface area (Å²) >= 11 is 0. The zero-order valence-electron chi connectivity index (χ0n) is 21.8. The number of aliphatic hydroxyl groups is 1. The predicted molar refractivity (Wildman–Crippen MR) is 140 cm³/mol. The number of nitrogens with zero attached hydrogens (tertiary/aromatic N) is 3. The number of nitrogens with two attached hydrogens (primary N) is 1. The highest BCUT2D eigenvalue weighted by Crippen LogP contribution is 2.51. The van der Waals surface area contributed by atoms with Crippen LogP contribution in [0, 0.1) is 5.41 Å². The molecule has 7 nitrogen and oxygen atoms in total. The van der Waals surface area contributed by atoms with E-state index >= 15 is 0 Å². The smallest absolute Gasteiger partial charge is 0.416 e. The molecule has 2 heterocycles. The number of hydrogen-bond donors (Lipinski definition) is 3. The molecule has 1 aliphatic rings. The second-order valence-corrected chi connectivity index (χ2v) is 11.1. The van der Waals surface area contributed by atoms with Crippen LogP contribution >= 0.6 is 0 Å². The molecule has 2 aromatic heterocycles. The van der Waals surface area contributed by atoms with Crippen LogP contribution in [0.1, 0.15) is 62.5 Å². The van der Waals surface area contributed by atoms with E-state index in [1.165, 1.54) is 19.1 Å². The van der Waals surface area contributed by atoms with Crippen molar-refractivity contribution in [3.8, 4) is 11.3 Å². The summed E-state index contributed by atoms with van der Waals surface area (Å²) < 4.78 is 41.6. The van der Waals surface area contributed by atoms with Crippen molar-refractivity contribution < 1.29 is 28.2 Å². The summed E-state index contributed by atoms with van der Waals surface area (Å²) in [6.07, 6.45) is 0.363. The van der Waals surface area contributed by atoms with E-state index in [4.69, 9.17) is 10.7 Å². The highest BCUT2D eigenvalue weighted by Gasteiger charge is 2.50. The Labute approximate surface area is 223 Å². The first kappa shape index (κ1) is 26.7. The van der Waals surface area contributed by atoms with Crippen LogP contribution in [0.3, 0.4) is 0 Å². The van der Waals surface area contributed by atoms with Crippen LogP contribution in [0.15, 0.2) is 60.9 Å². The van der Waals surface area contributed by atoms with E-state index < -0.39 is 34.1 Å². The van der Waals surface area contributed by atoms with E-state index in [2.05, 4.69) is 4.98 Å². The van der Waals surface area contributed by atoms with Gasteiger partial charge in [0.25, 0.3) is 0 Å². The van der Waals surface area contributed by atoms with E-state index in [0.29, 0.717) is 47.4 Å². The monoisotopic (exact) mass is 538 g/mol. The third-order valence-corrected chi connectivity index (χ3v) is 8.12. The van der Waals surface area contributed by atoms with E-state index in [0.717, 1.165) is 12.1 Å². The fourth-order valence-corrected chi connectivity index (χ4v) is 5.77. The van der Waals surface area contributed by atoms with Crippen molar-refractivity contribution in [1.82, 2.24) is 14.4 Å². The third-order valence-electron chi connectivity index (χ3n) is 8.12. The topological polar surface area (TPSA) is 114 Å². The van der Waals surface area contributed by atoms with Gasteiger partial charge in [-0.2, -0.15) is 13.2 Å². The Bertz CT molecular complexity index is 1580. The summed E-state index contributed by atoms with van der Waals surface area (Å²) in [5, 5.41) is 21.0. The number of anilines is 1. The minimum absolute atomic E-state index is 0.115. The van der Waals surface area contributed by atoms with Crippen LogP contribution in [-0.2, 0) is 22.0 Å². The van der Waals surface area contributed by atoms with Crippen molar-refractivity contribution in [2.45, 2.75) is 57.2 Å². The number of carboxylic acid groups (broad SMARTS) is 1. The molecule has 10 heteroatoms. The lowest BCUT2D eigenvalue weighted by molar-refractivity contribution is -0.147. The van der Waals surface area contributed by atoms with Crippen molar-refractivity contribution in [1.29, 1.82) is 0 Å². The number of alkyl halides is 3. The van der Waals surface area contributed by atoms with E-state index in [9.17, 15) is 28.2 Å². The number of carbonyl (C=O) groups is 1. The van der Waals surface area contributed by atoms with Gasteiger partial charge in [0.05, 0.1) is 11.0 Å². The predicted octanol–water partition coefficient (Wildman–Crippen LogP) is 5.79. The quantitative estimate of drug-likeness (QED) is 0.297. The molecule has 0 spiro atoms. The van der Waals surface area contributed by atoms with Crippen LogP contribution in [0.2, 0.25) is 0 Å². The lowest BCUT2D eigenvalue weighted by atomic mass is 9.81. The Morgan fingerprint density at radius 3 is 2.33 bits per heavy atom. The number of imidazole rings is 1. The van der Waals surface area contributed by atoms with Crippen LogP contribution in [-0.4, -0.2) is 30.6 Å². The lowest BCUT2D eigenvalue weighted by Gasteiger charge is -2.25. The number of nitrogen functional groups attached to an aromatic ring is 1. The van der Waals surface area contributed by atoms with Gasteiger partial charge in [-0.25, -0.2) is 9.97 Å². The van der Waals surface area contributed by atoms with Crippen LogP contribution in [0.25, 0.3) is 16.8 Å². The molecule has 1 fully saturated rings. The zero-order valence-corrected chi connectivity index (χ0v) is 21.8. The molecule has 3 atom stereocenters. The number of rotatable bonds is 5. The molecular weight excluding hydrogens is 509 g/mol. The first-order valence-corrected chi connectivity index (χ1v) is 12.5. The van der Waals surface area contributed by atoms with E-state index in [-0.39, 0.29) is 11.4 Å². The van der Waals surface area contributed by atoms with Gasteiger partial charge < -0.3 is 15.9 Å². The lowest BCUT2D eigenvalue weighted by Crippen LogP contribution is -2.29. The second kappa shape index (κ2) is 8.81. The van der Waals surface area contributed by atoms with E-state index in [1.54, 1.807) is 43.6 Å². The van der Waals surface area contributed by atoms with Gasteiger partial charge in [0, 0.05) is 23.4 Å². The molecule has 2 aromatic carbocycles. The molecule has 0 bridgehead atoms. The SMILES string of the molecule is CC(O)(c1ccc(-c2nc([C@@]3(C)CC[C@](C)(C(=O)O)C3)n3ccnc(N)c23)cc1)c1cccc(C(F)(F)F)c1. The second-order valence-electron chi connectivity index (χ2n) is 11.1. The highest BCUT2D eigenvalue weighted by molar-refractivity contribution is 5.85. The molecule has 1 saturated carbocycles. The molecule has 4 aromatic rings. The molecule has 1 unspecified atom stereocenters. The van der Waals surface area contributed by atoms with Gasteiger partial charge in [0.2, 0.25) is 0 Å². The Balaban J connectivity index is 1.56. The van der Waals surface area contributed by atoms with Crippen LogP contribution < -0.4 is 5.73 Å². The molecule has 39 heavy (non-hydrogen) atoms. The summed E-state index contributed by atoms with van der Waals surface area (Å²) in [7, 11) is 0. The summed E-state index contributed by atoms with van der Waals surface area (Å²) in [5.74, 6) is 0.109.